The van der Waals surface area contributed by atoms with Crippen molar-refractivity contribution >= 4 is 21.5 Å². The molecular weight excluding hydrogens is 273 g/mol. The average Bonchev–Trinajstić information content (AvgIpc) is 2.78. The number of nitrogens with one attached hydrogen (secondary N) is 2. The quantitative estimate of drug-likeness (QED) is 0.767. The van der Waals surface area contributed by atoms with E-state index in [2.05, 4.69) is 14.9 Å². The molecule has 98 valence electrons. The van der Waals surface area contributed by atoms with Gasteiger partial charge in [-0.05, 0) is 18.2 Å². The van der Waals surface area contributed by atoms with Crippen LogP contribution < -0.4 is 10.5 Å². The van der Waals surface area contributed by atoms with E-state index >= 15 is 0 Å². The van der Waals surface area contributed by atoms with Gasteiger partial charge >= 0.3 is 0 Å². The molecule has 0 fully saturated rings. The van der Waals surface area contributed by atoms with E-state index in [1.807, 2.05) is 0 Å². The fraction of sp³-hybridized carbons (Fsp3) is 0. The van der Waals surface area contributed by atoms with Gasteiger partial charge in [0.2, 0.25) is 0 Å². The summed E-state index contributed by atoms with van der Waals surface area (Å²) in [7, 11) is -3.94. The van der Waals surface area contributed by atoms with Crippen LogP contribution in [0.1, 0.15) is 5.56 Å². The molecule has 0 bridgehead atoms. The predicted octanol–water partition coefficient (Wildman–Crippen LogP) is 0.803. The highest BCUT2D eigenvalue weighted by atomic mass is 32.2. The van der Waals surface area contributed by atoms with Crippen LogP contribution in [0.25, 0.3) is 0 Å². The molecule has 0 radical (unpaired) electrons. The monoisotopic (exact) mass is 281 g/mol. The SMILES string of the molecule is N#Cc1cc(NS(=O)(=O)c2cn[nH]c2N)ccc1F. The van der Waals surface area contributed by atoms with Crippen LogP contribution in [0.3, 0.4) is 0 Å². The summed E-state index contributed by atoms with van der Waals surface area (Å²) in [5.74, 6) is -0.844. The topological polar surface area (TPSA) is 125 Å². The molecule has 0 aliphatic rings. The van der Waals surface area contributed by atoms with Gasteiger partial charge in [0.1, 0.15) is 22.6 Å². The summed E-state index contributed by atoms with van der Waals surface area (Å²) in [4.78, 5) is -0.227. The zero-order valence-corrected chi connectivity index (χ0v) is 10.2. The molecule has 2 aromatic rings. The molecule has 1 aromatic heterocycles. The fourth-order valence-electron chi connectivity index (χ4n) is 1.38. The Hall–Kier alpha value is -2.60. The summed E-state index contributed by atoms with van der Waals surface area (Å²) >= 11 is 0. The van der Waals surface area contributed by atoms with Crippen molar-refractivity contribution in [3.05, 3.63) is 35.8 Å². The van der Waals surface area contributed by atoms with Crippen LogP contribution in [0.5, 0.6) is 0 Å². The van der Waals surface area contributed by atoms with Crippen molar-refractivity contribution < 1.29 is 12.8 Å². The van der Waals surface area contributed by atoms with Crippen molar-refractivity contribution in [2.45, 2.75) is 4.90 Å². The van der Waals surface area contributed by atoms with E-state index in [1.54, 1.807) is 6.07 Å². The van der Waals surface area contributed by atoms with Crippen LogP contribution in [-0.4, -0.2) is 18.6 Å². The third kappa shape index (κ3) is 2.48. The van der Waals surface area contributed by atoms with Crippen molar-refractivity contribution in [2.24, 2.45) is 0 Å². The Labute approximate surface area is 107 Å². The van der Waals surface area contributed by atoms with E-state index in [-0.39, 0.29) is 22.0 Å². The molecule has 2 rings (SSSR count). The maximum Gasteiger partial charge on any atom is 0.267 e. The molecular formula is C10H8FN5O2S. The first-order valence-electron chi connectivity index (χ1n) is 4.95. The van der Waals surface area contributed by atoms with Gasteiger partial charge in [0.05, 0.1) is 17.4 Å². The van der Waals surface area contributed by atoms with Crippen molar-refractivity contribution in [2.75, 3.05) is 10.5 Å². The molecule has 0 aliphatic carbocycles. The Kier molecular flexibility index (Phi) is 3.10. The summed E-state index contributed by atoms with van der Waals surface area (Å²) in [6.07, 6.45) is 1.05. The van der Waals surface area contributed by atoms with Crippen molar-refractivity contribution in [1.29, 1.82) is 5.26 Å². The van der Waals surface area contributed by atoms with Gasteiger partial charge in [-0.2, -0.15) is 10.4 Å². The average molecular weight is 281 g/mol. The van der Waals surface area contributed by atoms with Gasteiger partial charge in [-0.3, -0.25) is 9.82 Å². The van der Waals surface area contributed by atoms with Gasteiger partial charge in [0.15, 0.2) is 0 Å². The third-order valence-electron chi connectivity index (χ3n) is 2.26. The first kappa shape index (κ1) is 12.8. The minimum Gasteiger partial charge on any atom is -0.383 e. The highest BCUT2D eigenvalue weighted by Crippen LogP contribution is 2.20. The number of H-pyrrole nitrogens is 1. The van der Waals surface area contributed by atoms with Crippen LogP contribution in [0, 0.1) is 17.1 Å². The number of rotatable bonds is 3. The van der Waals surface area contributed by atoms with Crippen molar-refractivity contribution in [3.8, 4) is 6.07 Å². The molecule has 0 aliphatic heterocycles. The molecule has 9 heteroatoms. The summed E-state index contributed by atoms with van der Waals surface area (Å²) in [6.45, 7) is 0. The molecule has 0 atom stereocenters. The summed E-state index contributed by atoms with van der Waals surface area (Å²) in [5.41, 5.74) is 5.20. The van der Waals surface area contributed by atoms with E-state index in [4.69, 9.17) is 11.0 Å². The van der Waals surface area contributed by atoms with Gasteiger partial charge in [0.25, 0.3) is 10.0 Å². The second-order valence-corrected chi connectivity index (χ2v) is 5.21. The number of aromatic nitrogens is 2. The van der Waals surface area contributed by atoms with Crippen LogP contribution >= 0.6 is 0 Å². The maximum atomic E-state index is 13.1. The van der Waals surface area contributed by atoms with E-state index in [0.717, 1.165) is 18.3 Å². The first-order chi connectivity index (χ1) is 8.94. The Morgan fingerprint density at radius 1 is 1.47 bits per heavy atom. The number of aromatic amines is 1. The van der Waals surface area contributed by atoms with Crippen LogP contribution in [-0.2, 0) is 10.0 Å². The first-order valence-corrected chi connectivity index (χ1v) is 6.43. The Balaban J connectivity index is 2.37. The summed E-state index contributed by atoms with van der Waals surface area (Å²) in [6, 6.07) is 4.89. The van der Waals surface area contributed by atoms with E-state index in [9.17, 15) is 12.8 Å². The number of hydrogen-bond acceptors (Lipinski definition) is 5. The van der Waals surface area contributed by atoms with Gasteiger partial charge in [-0.15, -0.1) is 0 Å². The molecule has 0 amide bonds. The molecule has 4 N–H and O–H groups in total. The summed E-state index contributed by atoms with van der Waals surface area (Å²) in [5, 5.41) is 14.5. The minimum atomic E-state index is -3.94. The molecule has 19 heavy (non-hydrogen) atoms. The van der Waals surface area contributed by atoms with Crippen LogP contribution in [0.4, 0.5) is 15.9 Å². The third-order valence-corrected chi connectivity index (χ3v) is 3.67. The largest absolute Gasteiger partial charge is 0.383 e. The van der Waals surface area contributed by atoms with Gasteiger partial charge in [-0.1, -0.05) is 0 Å². The number of hydrogen-bond donors (Lipinski definition) is 3. The second-order valence-electron chi connectivity index (χ2n) is 3.56. The van der Waals surface area contributed by atoms with Gasteiger partial charge < -0.3 is 5.73 Å². The number of anilines is 2. The lowest BCUT2D eigenvalue weighted by atomic mass is 10.2. The zero-order chi connectivity index (χ0) is 14.0. The number of benzene rings is 1. The smallest absolute Gasteiger partial charge is 0.267 e. The zero-order valence-electron chi connectivity index (χ0n) is 9.38. The van der Waals surface area contributed by atoms with Crippen LogP contribution in [0.2, 0.25) is 0 Å². The minimum absolute atomic E-state index is 0.0542. The van der Waals surface area contributed by atoms with Crippen molar-refractivity contribution in [3.63, 3.8) is 0 Å². The standard InChI is InChI=1S/C10H8FN5O2S/c11-8-2-1-7(3-6(8)4-12)16-19(17,18)9-5-14-15-10(9)13/h1-3,5,16H,(H3,13,14,15). The Morgan fingerprint density at radius 3 is 2.79 bits per heavy atom. The predicted molar refractivity (Wildman–Crippen MR) is 64.9 cm³/mol. The lowest BCUT2D eigenvalue weighted by Crippen LogP contribution is -2.14. The van der Waals surface area contributed by atoms with Crippen molar-refractivity contribution in [1.82, 2.24) is 10.2 Å². The fourth-order valence-corrected chi connectivity index (χ4v) is 2.46. The lowest BCUT2D eigenvalue weighted by molar-refractivity contribution is 0.601. The molecule has 1 aromatic carbocycles. The molecule has 0 unspecified atom stereocenters. The number of nitriles is 1. The molecule has 1 heterocycles. The number of sulfonamides is 1. The van der Waals surface area contributed by atoms with E-state index in [1.165, 1.54) is 6.07 Å². The van der Waals surface area contributed by atoms with E-state index < -0.39 is 15.8 Å². The molecule has 0 saturated carbocycles. The Bertz CT molecular complexity index is 762. The molecule has 0 saturated heterocycles. The molecule has 7 nitrogen and oxygen atoms in total. The maximum absolute atomic E-state index is 13.1. The normalized spacial score (nSPS) is 10.9. The number of nitrogen functional groups attached to an aromatic ring is 1. The number of halogens is 1. The van der Waals surface area contributed by atoms with Crippen LogP contribution in [0.15, 0.2) is 29.3 Å². The highest BCUT2D eigenvalue weighted by molar-refractivity contribution is 7.92. The summed E-state index contributed by atoms with van der Waals surface area (Å²) < 4.78 is 39.2. The molecule has 0 spiro atoms. The highest BCUT2D eigenvalue weighted by Gasteiger charge is 2.19. The second kappa shape index (κ2) is 4.58. The number of nitrogens with zero attached hydrogens (tertiary/aromatic N) is 2. The van der Waals surface area contributed by atoms with E-state index in [0.29, 0.717) is 0 Å². The number of nitrogens with two attached hydrogens (primary N) is 1. The van der Waals surface area contributed by atoms with Gasteiger partial charge in [-0.25, -0.2) is 12.8 Å². The van der Waals surface area contributed by atoms with Gasteiger partial charge in [0, 0.05) is 0 Å². The lowest BCUT2D eigenvalue weighted by Gasteiger charge is -2.07. The Morgan fingerprint density at radius 2 is 2.21 bits per heavy atom.